The smallest absolute Gasteiger partial charge is 0.115 e. The number of rotatable bonds is 2. The molecule has 2 bridgehead atoms. The maximum absolute atomic E-state index is 5.71. The molecule has 106 valence electrons. The van der Waals surface area contributed by atoms with Crippen LogP contribution in [0.15, 0.2) is 0 Å². The van der Waals surface area contributed by atoms with Gasteiger partial charge in [-0.05, 0) is 53.9 Å². The number of piperidine rings is 1. The highest BCUT2D eigenvalue weighted by Crippen LogP contribution is 2.36. The Morgan fingerprint density at radius 3 is 2.06 bits per heavy atom. The van der Waals surface area contributed by atoms with Gasteiger partial charge in [0.05, 0.1) is 0 Å². The molecule has 0 aromatic carbocycles. The Morgan fingerprint density at radius 1 is 0.889 bits per heavy atom. The summed E-state index contributed by atoms with van der Waals surface area (Å²) in [6.45, 7) is 13.8. The average Bonchev–Trinajstić information content (AvgIpc) is 2.59. The van der Waals surface area contributed by atoms with Crippen molar-refractivity contribution in [1.29, 1.82) is 0 Å². The number of ether oxygens (including phenoxy) is 1. The molecule has 0 saturated carbocycles. The number of nitrogens with zero attached hydrogens (tertiary/aromatic N) is 2. The highest BCUT2D eigenvalue weighted by molar-refractivity contribution is 4.97. The molecule has 3 rings (SSSR count). The summed E-state index contributed by atoms with van der Waals surface area (Å²) in [5.41, 5.74) is 0.157. The summed E-state index contributed by atoms with van der Waals surface area (Å²) in [5.74, 6) is 0. The zero-order valence-electron chi connectivity index (χ0n) is 13.0. The largest absolute Gasteiger partial charge is 0.364 e. The van der Waals surface area contributed by atoms with E-state index in [1.54, 1.807) is 0 Å². The predicted octanol–water partition coefficient (Wildman–Crippen LogP) is 2.71. The van der Waals surface area contributed by atoms with Gasteiger partial charge in [-0.3, -0.25) is 9.80 Å². The van der Waals surface area contributed by atoms with E-state index >= 15 is 0 Å². The topological polar surface area (TPSA) is 15.7 Å². The van der Waals surface area contributed by atoms with Crippen molar-refractivity contribution in [3.63, 3.8) is 0 Å². The molecule has 0 spiro atoms. The van der Waals surface area contributed by atoms with E-state index in [9.17, 15) is 0 Å². The van der Waals surface area contributed by atoms with Crippen molar-refractivity contribution in [2.75, 3.05) is 20.2 Å². The maximum Gasteiger partial charge on any atom is 0.115 e. The molecule has 0 aliphatic carbocycles. The molecule has 3 heterocycles. The molecule has 3 nitrogen and oxygen atoms in total. The normalized spacial score (nSPS) is 31.7. The van der Waals surface area contributed by atoms with Crippen LogP contribution < -0.4 is 0 Å². The summed E-state index contributed by atoms with van der Waals surface area (Å²) in [7, 11) is 1.83. The third kappa shape index (κ3) is 2.59. The van der Waals surface area contributed by atoms with E-state index in [2.05, 4.69) is 44.4 Å². The van der Waals surface area contributed by atoms with Crippen molar-refractivity contribution in [3.8, 4) is 0 Å². The van der Waals surface area contributed by atoms with Crippen LogP contribution in [0.3, 0.4) is 0 Å². The molecule has 3 heteroatoms. The molecule has 0 N–H and O–H groups in total. The van der Waals surface area contributed by atoms with Crippen molar-refractivity contribution in [3.05, 3.63) is 0 Å². The fourth-order valence-corrected chi connectivity index (χ4v) is 3.68. The average molecular weight is 254 g/mol. The summed E-state index contributed by atoms with van der Waals surface area (Å²) in [6.07, 6.45) is 3.95. The maximum atomic E-state index is 5.71. The van der Waals surface area contributed by atoms with Crippen LogP contribution >= 0.6 is 0 Å². The zero-order valence-corrected chi connectivity index (χ0v) is 13.0. The van der Waals surface area contributed by atoms with E-state index in [-0.39, 0.29) is 11.3 Å². The van der Waals surface area contributed by atoms with Crippen LogP contribution in [0, 0.1) is 0 Å². The molecule has 18 heavy (non-hydrogen) atoms. The SMILES string of the molecule is COC(C)(C)N1CCC2CCC1CN2C(C)(C)C. The number of hydrogen-bond acceptors (Lipinski definition) is 3. The van der Waals surface area contributed by atoms with E-state index < -0.39 is 0 Å². The minimum Gasteiger partial charge on any atom is -0.364 e. The lowest BCUT2D eigenvalue weighted by Gasteiger charge is -2.48. The molecular weight excluding hydrogens is 224 g/mol. The Hall–Kier alpha value is -0.120. The second-order valence-electron chi connectivity index (χ2n) is 7.34. The Kier molecular flexibility index (Phi) is 3.79. The molecule has 0 amide bonds. The van der Waals surface area contributed by atoms with Crippen LogP contribution in [0.1, 0.15) is 53.9 Å². The van der Waals surface area contributed by atoms with E-state index in [1.807, 2.05) is 7.11 Å². The first-order valence-corrected chi connectivity index (χ1v) is 7.34. The highest BCUT2D eigenvalue weighted by Gasteiger charge is 2.43. The third-order valence-corrected chi connectivity index (χ3v) is 4.88. The lowest BCUT2D eigenvalue weighted by atomic mass is 9.92. The fraction of sp³-hybridized carbons (Fsp3) is 1.00. The van der Waals surface area contributed by atoms with Crippen molar-refractivity contribution >= 4 is 0 Å². The van der Waals surface area contributed by atoms with E-state index in [1.165, 1.54) is 32.4 Å². The monoisotopic (exact) mass is 254 g/mol. The second-order valence-corrected chi connectivity index (χ2v) is 7.34. The van der Waals surface area contributed by atoms with Gasteiger partial charge in [0, 0.05) is 37.8 Å². The molecule has 3 saturated heterocycles. The Labute approximate surface area is 112 Å². The quantitative estimate of drug-likeness (QED) is 0.753. The second kappa shape index (κ2) is 4.77. The van der Waals surface area contributed by atoms with Crippen LogP contribution in [0.2, 0.25) is 0 Å². The fourth-order valence-electron chi connectivity index (χ4n) is 3.68. The molecule has 0 aromatic rings. The van der Waals surface area contributed by atoms with Crippen molar-refractivity contribution < 1.29 is 4.74 Å². The molecule has 3 aliphatic rings. The Bertz CT molecular complexity index is 295. The van der Waals surface area contributed by atoms with Gasteiger partial charge in [0.2, 0.25) is 0 Å². The first-order valence-electron chi connectivity index (χ1n) is 7.34. The summed E-state index contributed by atoms with van der Waals surface area (Å²) >= 11 is 0. The minimum absolute atomic E-state index is 0.131. The first kappa shape index (κ1) is 14.3. The third-order valence-electron chi connectivity index (χ3n) is 4.88. The molecule has 3 aliphatic heterocycles. The van der Waals surface area contributed by atoms with Gasteiger partial charge in [-0.1, -0.05) is 0 Å². The lowest BCUT2D eigenvalue weighted by molar-refractivity contribution is -0.130. The molecule has 2 atom stereocenters. The van der Waals surface area contributed by atoms with Crippen LogP contribution in [0.25, 0.3) is 0 Å². The minimum atomic E-state index is -0.131. The number of fused-ring (bicyclic) bond motifs is 4. The van der Waals surface area contributed by atoms with Gasteiger partial charge >= 0.3 is 0 Å². The van der Waals surface area contributed by atoms with Gasteiger partial charge in [-0.2, -0.15) is 0 Å². The van der Waals surface area contributed by atoms with Gasteiger partial charge in [-0.25, -0.2) is 0 Å². The van der Waals surface area contributed by atoms with Crippen LogP contribution in [-0.4, -0.2) is 53.3 Å². The highest BCUT2D eigenvalue weighted by atomic mass is 16.5. The lowest BCUT2D eigenvalue weighted by Crippen LogP contribution is -2.58. The summed E-state index contributed by atoms with van der Waals surface area (Å²) in [4.78, 5) is 5.30. The molecule has 2 unspecified atom stereocenters. The summed E-state index contributed by atoms with van der Waals surface area (Å²) in [5, 5.41) is 0. The van der Waals surface area contributed by atoms with Crippen LogP contribution in [-0.2, 0) is 4.74 Å². The molecule has 3 fully saturated rings. The van der Waals surface area contributed by atoms with Crippen molar-refractivity contribution in [1.82, 2.24) is 9.80 Å². The molecular formula is C15H30N2O. The Balaban J connectivity index is 2.19. The van der Waals surface area contributed by atoms with Gasteiger partial charge in [0.25, 0.3) is 0 Å². The zero-order chi connectivity index (χ0) is 13.6. The van der Waals surface area contributed by atoms with Gasteiger partial charge in [0.15, 0.2) is 0 Å². The van der Waals surface area contributed by atoms with E-state index in [0.717, 1.165) is 6.04 Å². The van der Waals surface area contributed by atoms with Gasteiger partial charge < -0.3 is 4.74 Å². The molecule has 0 radical (unpaired) electrons. The van der Waals surface area contributed by atoms with Gasteiger partial charge in [-0.15, -0.1) is 0 Å². The predicted molar refractivity (Wildman–Crippen MR) is 75.7 cm³/mol. The molecule has 0 aromatic heterocycles. The summed E-state index contributed by atoms with van der Waals surface area (Å²) in [6, 6.07) is 1.41. The van der Waals surface area contributed by atoms with Crippen LogP contribution in [0.4, 0.5) is 0 Å². The number of methoxy groups -OCH3 is 1. The number of hydrogen-bond donors (Lipinski definition) is 0. The standard InChI is InChI=1S/C15H30N2O/c1-14(2,3)17-11-13-8-7-12(17)9-10-16(13)15(4,5)18-6/h12-13H,7-11H2,1-6H3. The van der Waals surface area contributed by atoms with E-state index in [0.29, 0.717) is 6.04 Å². The first-order chi connectivity index (χ1) is 8.25. The van der Waals surface area contributed by atoms with Crippen molar-refractivity contribution in [2.24, 2.45) is 0 Å². The van der Waals surface area contributed by atoms with Crippen molar-refractivity contribution in [2.45, 2.75) is 77.2 Å². The van der Waals surface area contributed by atoms with Crippen LogP contribution in [0.5, 0.6) is 0 Å². The van der Waals surface area contributed by atoms with E-state index in [4.69, 9.17) is 4.74 Å². The van der Waals surface area contributed by atoms with Gasteiger partial charge in [0.1, 0.15) is 5.72 Å². The summed E-state index contributed by atoms with van der Waals surface area (Å²) < 4.78 is 5.71. The Morgan fingerprint density at radius 2 is 1.50 bits per heavy atom.